The van der Waals surface area contributed by atoms with E-state index in [1.54, 1.807) is 12.3 Å². The number of hydrazone groups is 1. The van der Waals surface area contributed by atoms with Crippen LogP contribution >= 0.6 is 0 Å². The van der Waals surface area contributed by atoms with Gasteiger partial charge in [0.15, 0.2) is 0 Å². The molecule has 0 aliphatic rings. The van der Waals surface area contributed by atoms with Gasteiger partial charge in [-0.15, -0.1) is 0 Å². The summed E-state index contributed by atoms with van der Waals surface area (Å²) in [6.07, 6.45) is 3.46. The van der Waals surface area contributed by atoms with Crippen LogP contribution in [0.2, 0.25) is 0 Å². The highest BCUT2D eigenvalue weighted by molar-refractivity contribution is 6.00. The highest BCUT2D eigenvalue weighted by Gasteiger charge is 2.11. The molecule has 7 nitrogen and oxygen atoms in total. The zero-order valence-corrected chi connectivity index (χ0v) is 17.7. The van der Waals surface area contributed by atoms with Gasteiger partial charge in [-0.3, -0.25) is 9.89 Å². The molecule has 0 radical (unpaired) electrons. The van der Waals surface area contributed by atoms with Gasteiger partial charge >= 0.3 is 0 Å². The number of aromatic amines is 2. The fourth-order valence-electron chi connectivity index (χ4n) is 3.47. The molecule has 0 aliphatic heterocycles. The monoisotopic (exact) mass is 435 g/mol. The highest BCUT2D eigenvalue weighted by Crippen LogP contribution is 2.22. The van der Waals surface area contributed by atoms with Gasteiger partial charge in [-0.1, -0.05) is 48.5 Å². The van der Waals surface area contributed by atoms with Crippen molar-refractivity contribution in [1.29, 1.82) is 0 Å². The van der Waals surface area contributed by atoms with E-state index in [1.165, 1.54) is 0 Å². The van der Waals surface area contributed by atoms with Crippen molar-refractivity contribution in [2.45, 2.75) is 6.61 Å². The van der Waals surface area contributed by atoms with E-state index in [0.29, 0.717) is 18.0 Å². The number of carbonyl (C=O) groups is 1. The van der Waals surface area contributed by atoms with Crippen molar-refractivity contribution in [1.82, 2.24) is 20.6 Å². The topological polar surface area (TPSA) is 95.2 Å². The number of nitrogens with one attached hydrogen (secondary N) is 3. The smallest absolute Gasteiger partial charge is 0.289 e. The van der Waals surface area contributed by atoms with E-state index in [1.807, 2.05) is 85.1 Å². The predicted octanol–water partition coefficient (Wildman–Crippen LogP) is 4.90. The lowest BCUT2D eigenvalue weighted by Crippen LogP contribution is -2.17. The van der Waals surface area contributed by atoms with Gasteiger partial charge < -0.3 is 9.72 Å². The number of fused-ring (bicyclic) bond motifs is 1. The summed E-state index contributed by atoms with van der Waals surface area (Å²) in [4.78, 5) is 15.6. The van der Waals surface area contributed by atoms with Crippen LogP contribution in [0.15, 0.2) is 96.2 Å². The molecule has 162 valence electrons. The Morgan fingerprint density at radius 1 is 1.00 bits per heavy atom. The maximum absolute atomic E-state index is 12.4. The standard InChI is InChI=1S/C26H21N5O2/c32-26(31-28-16-20-15-27-23-9-5-4-8-22(20)23)25-14-24(29-30-25)19-10-12-21(13-11-19)33-17-18-6-2-1-3-7-18/h1-16,27H,17H2,(H,29,30)(H,31,32). The molecule has 0 bridgehead atoms. The van der Waals surface area contributed by atoms with Gasteiger partial charge in [0, 0.05) is 28.2 Å². The van der Waals surface area contributed by atoms with Gasteiger partial charge in [-0.05, 0) is 42.0 Å². The first kappa shape index (κ1) is 20.3. The lowest BCUT2D eigenvalue weighted by atomic mass is 10.1. The summed E-state index contributed by atoms with van der Waals surface area (Å²) in [5.74, 6) is 0.398. The molecule has 5 aromatic rings. The van der Waals surface area contributed by atoms with Crippen LogP contribution in [0.1, 0.15) is 21.6 Å². The van der Waals surface area contributed by atoms with Crippen molar-refractivity contribution >= 4 is 23.0 Å². The molecule has 7 heteroatoms. The predicted molar refractivity (Wildman–Crippen MR) is 128 cm³/mol. The molecular formula is C26H21N5O2. The van der Waals surface area contributed by atoms with Crippen molar-refractivity contribution in [2.24, 2.45) is 5.10 Å². The molecule has 0 saturated carbocycles. The minimum atomic E-state index is -0.368. The highest BCUT2D eigenvalue weighted by atomic mass is 16.5. The SMILES string of the molecule is O=C(NN=Cc1c[nH]c2ccccc12)c1cc(-c2ccc(OCc3ccccc3)cc2)n[nH]1. The fourth-order valence-corrected chi connectivity index (χ4v) is 3.47. The molecule has 0 saturated heterocycles. The van der Waals surface area contributed by atoms with Crippen LogP contribution in [-0.4, -0.2) is 27.3 Å². The molecule has 3 aromatic carbocycles. The van der Waals surface area contributed by atoms with Crippen LogP contribution in [0, 0.1) is 0 Å². The lowest BCUT2D eigenvalue weighted by Gasteiger charge is -2.06. The van der Waals surface area contributed by atoms with Crippen LogP contribution in [-0.2, 0) is 6.61 Å². The summed E-state index contributed by atoms with van der Waals surface area (Å²) < 4.78 is 5.82. The first-order valence-corrected chi connectivity index (χ1v) is 10.5. The Morgan fingerprint density at radius 2 is 1.79 bits per heavy atom. The second-order valence-electron chi connectivity index (χ2n) is 7.45. The maximum Gasteiger partial charge on any atom is 0.289 e. The third kappa shape index (κ3) is 4.67. The Kier molecular flexibility index (Phi) is 5.67. The van der Waals surface area contributed by atoms with Gasteiger partial charge in [0.05, 0.1) is 11.9 Å². The van der Waals surface area contributed by atoms with E-state index in [-0.39, 0.29) is 5.91 Å². The molecule has 1 amide bonds. The molecule has 0 spiro atoms. The lowest BCUT2D eigenvalue weighted by molar-refractivity contribution is 0.0950. The number of rotatable bonds is 7. The summed E-state index contributed by atoms with van der Waals surface area (Å²) in [6.45, 7) is 0.506. The molecule has 0 aliphatic carbocycles. The molecule has 33 heavy (non-hydrogen) atoms. The zero-order valence-electron chi connectivity index (χ0n) is 17.7. The molecule has 0 unspecified atom stereocenters. The Balaban J connectivity index is 1.20. The van der Waals surface area contributed by atoms with Crippen LogP contribution in [0.3, 0.4) is 0 Å². The van der Waals surface area contributed by atoms with Gasteiger partial charge in [0.1, 0.15) is 18.1 Å². The Morgan fingerprint density at radius 3 is 2.64 bits per heavy atom. The fraction of sp³-hybridized carbons (Fsp3) is 0.0385. The maximum atomic E-state index is 12.4. The minimum Gasteiger partial charge on any atom is -0.489 e. The molecule has 2 heterocycles. The third-order valence-corrected chi connectivity index (χ3v) is 5.21. The third-order valence-electron chi connectivity index (χ3n) is 5.21. The Labute approximate surface area is 190 Å². The molecular weight excluding hydrogens is 414 g/mol. The summed E-state index contributed by atoms with van der Waals surface area (Å²) in [7, 11) is 0. The molecule has 2 aromatic heterocycles. The number of para-hydroxylation sites is 1. The number of hydrogen-bond acceptors (Lipinski definition) is 4. The van der Waals surface area contributed by atoms with E-state index in [4.69, 9.17) is 4.74 Å². The second-order valence-corrected chi connectivity index (χ2v) is 7.45. The molecule has 0 atom stereocenters. The number of ether oxygens (including phenoxy) is 1. The van der Waals surface area contributed by atoms with Gasteiger partial charge in [-0.25, -0.2) is 5.43 Å². The number of hydrogen-bond donors (Lipinski definition) is 3. The van der Waals surface area contributed by atoms with E-state index in [0.717, 1.165) is 33.3 Å². The van der Waals surface area contributed by atoms with Crippen LogP contribution < -0.4 is 10.2 Å². The summed E-state index contributed by atoms with van der Waals surface area (Å²) >= 11 is 0. The molecule has 5 rings (SSSR count). The number of carbonyl (C=O) groups excluding carboxylic acids is 1. The van der Waals surface area contributed by atoms with Crippen molar-refractivity contribution in [3.05, 3.63) is 108 Å². The number of aromatic nitrogens is 3. The normalized spacial score (nSPS) is 11.2. The van der Waals surface area contributed by atoms with Crippen molar-refractivity contribution in [3.8, 4) is 17.0 Å². The first-order chi connectivity index (χ1) is 16.3. The van der Waals surface area contributed by atoms with Crippen LogP contribution in [0.4, 0.5) is 0 Å². The first-order valence-electron chi connectivity index (χ1n) is 10.5. The van der Waals surface area contributed by atoms with E-state index < -0.39 is 0 Å². The second kappa shape index (κ2) is 9.23. The Hall–Kier alpha value is -4.65. The summed E-state index contributed by atoms with van der Waals surface area (Å²) in [5, 5.41) is 12.1. The van der Waals surface area contributed by atoms with E-state index in [9.17, 15) is 4.79 Å². The number of H-pyrrole nitrogens is 2. The largest absolute Gasteiger partial charge is 0.489 e. The van der Waals surface area contributed by atoms with Crippen LogP contribution in [0.25, 0.3) is 22.2 Å². The van der Waals surface area contributed by atoms with Crippen molar-refractivity contribution in [3.63, 3.8) is 0 Å². The molecule has 3 N–H and O–H groups in total. The van der Waals surface area contributed by atoms with Gasteiger partial charge in [0.2, 0.25) is 0 Å². The number of amides is 1. The number of benzene rings is 3. The van der Waals surface area contributed by atoms with Crippen LogP contribution in [0.5, 0.6) is 5.75 Å². The van der Waals surface area contributed by atoms with Crippen molar-refractivity contribution < 1.29 is 9.53 Å². The minimum absolute atomic E-state index is 0.325. The zero-order chi connectivity index (χ0) is 22.5. The summed E-state index contributed by atoms with van der Waals surface area (Å²) in [6, 6.07) is 27.2. The van der Waals surface area contributed by atoms with E-state index >= 15 is 0 Å². The van der Waals surface area contributed by atoms with Gasteiger partial charge in [-0.2, -0.15) is 10.2 Å². The summed E-state index contributed by atoms with van der Waals surface area (Å²) in [5.41, 5.74) is 7.41. The quantitative estimate of drug-likeness (QED) is 0.251. The van der Waals surface area contributed by atoms with Crippen molar-refractivity contribution in [2.75, 3.05) is 0 Å². The number of nitrogens with zero attached hydrogens (tertiary/aromatic N) is 2. The molecule has 0 fully saturated rings. The van der Waals surface area contributed by atoms with E-state index in [2.05, 4.69) is 25.7 Å². The van der Waals surface area contributed by atoms with Gasteiger partial charge in [0.25, 0.3) is 5.91 Å². The average molecular weight is 435 g/mol. The average Bonchev–Trinajstić information content (AvgIpc) is 3.52. The Bertz CT molecular complexity index is 1400.